The fraction of sp³-hybridized carbons (Fsp3) is 0.684. The van der Waals surface area contributed by atoms with Gasteiger partial charge in [0.2, 0.25) is 0 Å². The molecule has 1 saturated carbocycles. The van der Waals surface area contributed by atoms with E-state index in [1.165, 1.54) is 12.0 Å². The molecule has 1 aromatic rings. The Morgan fingerprint density at radius 1 is 1.42 bits per heavy atom. The van der Waals surface area contributed by atoms with Crippen LogP contribution in [0.15, 0.2) is 12.1 Å². The van der Waals surface area contributed by atoms with Crippen molar-refractivity contribution in [2.24, 2.45) is 0 Å². The van der Waals surface area contributed by atoms with Crippen LogP contribution in [0.3, 0.4) is 0 Å². The van der Waals surface area contributed by atoms with Crippen LogP contribution in [0, 0.1) is 0 Å². The van der Waals surface area contributed by atoms with Gasteiger partial charge in [0.15, 0.2) is 0 Å². The van der Waals surface area contributed by atoms with E-state index in [1.54, 1.807) is 0 Å². The molecule has 132 valence electrons. The van der Waals surface area contributed by atoms with E-state index in [2.05, 4.69) is 22.3 Å². The molecule has 5 heteroatoms. The summed E-state index contributed by atoms with van der Waals surface area (Å²) < 4.78 is 0. The van der Waals surface area contributed by atoms with Crippen LogP contribution >= 0.6 is 0 Å². The Bertz CT molecular complexity index is 572. The summed E-state index contributed by atoms with van der Waals surface area (Å²) in [6.07, 6.45) is 8.37. The highest BCUT2D eigenvalue weighted by Gasteiger charge is 2.35. The van der Waals surface area contributed by atoms with Gasteiger partial charge in [0.25, 0.3) is 0 Å². The summed E-state index contributed by atoms with van der Waals surface area (Å²) in [5, 5.41) is 12.8. The minimum absolute atomic E-state index is 0.316. The van der Waals surface area contributed by atoms with Crippen LogP contribution in [-0.4, -0.2) is 46.1 Å². The van der Waals surface area contributed by atoms with E-state index < -0.39 is 5.97 Å². The molecule has 5 nitrogen and oxygen atoms in total. The van der Waals surface area contributed by atoms with Crippen molar-refractivity contribution in [2.45, 2.75) is 70.4 Å². The van der Waals surface area contributed by atoms with Gasteiger partial charge in [-0.2, -0.15) is 0 Å². The summed E-state index contributed by atoms with van der Waals surface area (Å²) in [6.45, 7) is 3.88. The summed E-state index contributed by atoms with van der Waals surface area (Å²) in [6, 6.07) is 4.54. The topological polar surface area (TPSA) is 65.5 Å². The smallest absolute Gasteiger partial charge is 0.320 e. The highest BCUT2D eigenvalue weighted by Crippen LogP contribution is 2.30. The van der Waals surface area contributed by atoms with Gasteiger partial charge in [0.1, 0.15) is 11.9 Å². The third-order valence-corrected chi connectivity index (χ3v) is 5.14. The minimum Gasteiger partial charge on any atom is -0.480 e. The quantitative estimate of drug-likeness (QED) is 0.681. The fourth-order valence-electron chi connectivity index (χ4n) is 3.66. The number of unbranched alkanes of at least 4 members (excludes halogenated alkanes) is 1. The largest absolute Gasteiger partial charge is 0.480 e. The SMILES string of the molecule is CCC(C(=O)O)N(CCCCc1ccc2c(n1)NCCC2)C1CC1. The van der Waals surface area contributed by atoms with E-state index in [0.717, 1.165) is 63.1 Å². The normalized spacial score (nSPS) is 18.1. The maximum absolute atomic E-state index is 11.4. The lowest BCUT2D eigenvalue weighted by Crippen LogP contribution is -2.42. The molecular weight excluding hydrogens is 302 g/mol. The average Bonchev–Trinajstić information content (AvgIpc) is 3.42. The Morgan fingerprint density at radius 3 is 2.96 bits per heavy atom. The van der Waals surface area contributed by atoms with Gasteiger partial charge in [0, 0.05) is 18.3 Å². The molecular formula is C19H29N3O2. The number of nitrogens with one attached hydrogen (secondary N) is 1. The number of hydrogen-bond donors (Lipinski definition) is 2. The zero-order valence-corrected chi connectivity index (χ0v) is 14.6. The minimum atomic E-state index is -0.674. The molecule has 0 spiro atoms. The molecule has 2 heterocycles. The third kappa shape index (κ3) is 4.26. The zero-order valence-electron chi connectivity index (χ0n) is 14.6. The molecule has 24 heavy (non-hydrogen) atoms. The Balaban J connectivity index is 1.48. The van der Waals surface area contributed by atoms with Crippen molar-refractivity contribution in [3.05, 3.63) is 23.4 Å². The molecule has 1 aliphatic heterocycles. The predicted molar refractivity (Wildman–Crippen MR) is 95.4 cm³/mol. The molecule has 1 unspecified atom stereocenters. The van der Waals surface area contributed by atoms with Crippen molar-refractivity contribution >= 4 is 11.8 Å². The lowest BCUT2D eigenvalue weighted by Gasteiger charge is -2.28. The summed E-state index contributed by atoms with van der Waals surface area (Å²) in [4.78, 5) is 18.4. The number of hydrogen-bond acceptors (Lipinski definition) is 4. The summed E-state index contributed by atoms with van der Waals surface area (Å²) >= 11 is 0. The first kappa shape index (κ1) is 17.2. The maximum Gasteiger partial charge on any atom is 0.320 e. The lowest BCUT2D eigenvalue weighted by molar-refractivity contribution is -0.143. The molecule has 1 atom stereocenters. The van der Waals surface area contributed by atoms with Crippen LogP contribution in [0.2, 0.25) is 0 Å². The second kappa shape index (κ2) is 7.97. The maximum atomic E-state index is 11.4. The van der Waals surface area contributed by atoms with Crippen molar-refractivity contribution < 1.29 is 9.90 Å². The van der Waals surface area contributed by atoms with Crippen LogP contribution in [0.5, 0.6) is 0 Å². The first-order valence-electron chi connectivity index (χ1n) is 9.40. The zero-order chi connectivity index (χ0) is 16.9. The number of pyridine rings is 1. The second-order valence-electron chi connectivity index (χ2n) is 7.03. The number of aliphatic carboxylic acids is 1. The van der Waals surface area contributed by atoms with Crippen molar-refractivity contribution in [1.82, 2.24) is 9.88 Å². The van der Waals surface area contributed by atoms with Crippen LogP contribution in [0.1, 0.15) is 56.7 Å². The van der Waals surface area contributed by atoms with Gasteiger partial charge in [0.05, 0.1) is 0 Å². The Labute approximate surface area is 144 Å². The fourth-order valence-corrected chi connectivity index (χ4v) is 3.66. The van der Waals surface area contributed by atoms with Gasteiger partial charge >= 0.3 is 5.97 Å². The third-order valence-electron chi connectivity index (χ3n) is 5.14. The predicted octanol–water partition coefficient (Wildman–Crippen LogP) is 3.09. The summed E-state index contributed by atoms with van der Waals surface area (Å²) in [5.74, 6) is 0.391. The first-order valence-corrected chi connectivity index (χ1v) is 9.40. The molecule has 0 bridgehead atoms. The van der Waals surface area contributed by atoms with Gasteiger partial charge in [-0.25, -0.2) is 4.98 Å². The van der Waals surface area contributed by atoms with Gasteiger partial charge < -0.3 is 10.4 Å². The van der Waals surface area contributed by atoms with Gasteiger partial charge in [-0.05, 0) is 69.5 Å². The second-order valence-corrected chi connectivity index (χ2v) is 7.03. The molecule has 1 aliphatic carbocycles. The Kier molecular flexibility index (Phi) is 5.72. The van der Waals surface area contributed by atoms with Crippen LogP contribution in [0.25, 0.3) is 0 Å². The van der Waals surface area contributed by atoms with Crippen LogP contribution < -0.4 is 5.32 Å². The summed E-state index contributed by atoms with van der Waals surface area (Å²) in [5.41, 5.74) is 2.48. The first-order chi connectivity index (χ1) is 11.7. The monoisotopic (exact) mass is 331 g/mol. The van der Waals surface area contributed by atoms with Gasteiger partial charge in [-0.15, -0.1) is 0 Å². The molecule has 0 radical (unpaired) electrons. The molecule has 1 fully saturated rings. The highest BCUT2D eigenvalue weighted by atomic mass is 16.4. The molecule has 0 saturated heterocycles. The Hall–Kier alpha value is -1.62. The molecule has 1 aromatic heterocycles. The number of nitrogens with zero attached hydrogens (tertiary/aromatic N) is 2. The molecule has 3 rings (SSSR count). The van der Waals surface area contributed by atoms with E-state index in [9.17, 15) is 9.90 Å². The number of aryl methyl sites for hydroxylation is 2. The number of fused-ring (bicyclic) bond motifs is 1. The van der Waals surface area contributed by atoms with Crippen molar-refractivity contribution in [2.75, 3.05) is 18.4 Å². The van der Waals surface area contributed by atoms with Crippen molar-refractivity contribution in [3.8, 4) is 0 Å². The van der Waals surface area contributed by atoms with E-state index in [-0.39, 0.29) is 6.04 Å². The molecule has 0 amide bonds. The standard InChI is InChI=1S/C19H29N3O2/c1-2-17(19(23)24)22(16-10-11-16)13-4-3-7-15-9-8-14-6-5-12-20-18(14)21-15/h8-9,16-17H,2-7,10-13H2,1H3,(H,20,21)(H,23,24). The molecule has 2 N–H and O–H groups in total. The number of aromatic nitrogens is 1. The summed E-state index contributed by atoms with van der Waals surface area (Å²) in [7, 11) is 0. The van der Waals surface area contributed by atoms with E-state index in [4.69, 9.17) is 4.98 Å². The molecule has 2 aliphatic rings. The highest BCUT2D eigenvalue weighted by molar-refractivity contribution is 5.73. The number of carbonyl (C=O) groups is 1. The lowest BCUT2D eigenvalue weighted by atomic mass is 10.1. The number of anilines is 1. The van der Waals surface area contributed by atoms with E-state index in [0.29, 0.717) is 12.5 Å². The van der Waals surface area contributed by atoms with E-state index in [1.807, 2.05) is 6.92 Å². The average molecular weight is 331 g/mol. The van der Waals surface area contributed by atoms with E-state index >= 15 is 0 Å². The number of rotatable bonds is 9. The number of carboxylic acids is 1. The van der Waals surface area contributed by atoms with Crippen molar-refractivity contribution in [1.29, 1.82) is 0 Å². The molecule has 0 aromatic carbocycles. The van der Waals surface area contributed by atoms with Crippen LogP contribution in [0.4, 0.5) is 5.82 Å². The Morgan fingerprint density at radius 2 is 2.25 bits per heavy atom. The van der Waals surface area contributed by atoms with Crippen LogP contribution in [-0.2, 0) is 17.6 Å². The van der Waals surface area contributed by atoms with Crippen molar-refractivity contribution in [3.63, 3.8) is 0 Å². The van der Waals surface area contributed by atoms with Gasteiger partial charge in [-0.1, -0.05) is 13.0 Å². The van der Waals surface area contributed by atoms with Gasteiger partial charge in [-0.3, -0.25) is 9.69 Å². The number of carboxylic acid groups (broad SMARTS) is 1.